The number of carbonyl (C=O) groups is 2. The van der Waals surface area contributed by atoms with Gasteiger partial charge in [-0.25, -0.2) is 0 Å². The Bertz CT molecular complexity index is 226. The highest BCUT2D eigenvalue weighted by atomic mass is 16.5. The molecule has 0 N–H and O–H groups in total. The molecule has 0 heterocycles. The molecule has 0 fully saturated rings. The smallest absolute Gasteiger partial charge is 0.309 e. The Kier molecular flexibility index (Phi) is 6.51. The van der Waals surface area contributed by atoms with Gasteiger partial charge >= 0.3 is 5.97 Å². The van der Waals surface area contributed by atoms with Gasteiger partial charge in [0.15, 0.2) is 5.78 Å². The third-order valence-electron chi connectivity index (χ3n) is 1.37. The fourth-order valence-electron chi connectivity index (χ4n) is 0.672. The lowest BCUT2D eigenvalue weighted by Crippen LogP contribution is -1.97. The van der Waals surface area contributed by atoms with Gasteiger partial charge in [0.05, 0.1) is 13.5 Å². The molecule has 0 rings (SSSR count). The molecular formula is C10H14O3. The van der Waals surface area contributed by atoms with E-state index in [9.17, 15) is 9.59 Å². The molecule has 0 saturated carbocycles. The number of methoxy groups -OCH3 is 1. The topological polar surface area (TPSA) is 43.4 Å². The van der Waals surface area contributed by atoms with E-state index >= 15 is 0 Å². The molecular weight excluding hydrogens is 168 g/mol. The Morgan fingerprint density at radius 3 is 2.46 bits per heavy atom. The van der Waals surface area contributed by atoms with Gasteiger partial charge in [0.2, 0.25) is 0 Å². The third-order valence-corrected chi connectivity index (χ3v) is 1.37. The monoisotopic (exact) mass is 182 g/mol. The second-order valence-corrected chi connectivity index (χ2v) is 2.42. The van der Waals surface area contributed by atoms with Crippen LogP contribution in [0.1, 0.15) is 19.8 Å². The molecule has 0 aliphatic heterocycles. The van der Waals surface area contributed by atoms with Gasteiger partial charge < -0.3 is 4.74 Å². The number of rotatable bonds is 5. The van der Waals surface area contributed by atoms with Crippen molar-refractivity contribution in [2.45, 2.75) is 19.8 Å². The van der Waals surface area contributed by atoms with E-state index < -0.39 is 0 Å². The number of hydrogen-bond donors (Lipinski definition) is 0. The Labute approximate surface area is 78.1 Å². The molecule has 0 amide bonds. The Hall–Kier alpha value is -1.38. The summed E-state index contributed by atoms with van der Waals surface area (Å²) in [6.07, 6.45) is 7.03. The molecule has 3 nitrogen and oxygen atoms in total. The SMILES string of the molecule is C/C=C/CC(=O)/C=C/CC(=O)OC. The first-order valence-corrected chi connectivity index (χ1v) is 4.08. The second-order valence-electron chi connectivity index (χ2n) is 2.42. The highest BCUT2D eigenvalue weighted by Crippen LogP contribution is 1.91. The molecule has 13 heavy (non-hydrogen) atoms. The summed E-state index contributed by atoms with van der Waals surface area (Å²) in [5.74, 6) is -0.350. The number of allylic oxidation sites excluding steroid dienone is 3. The number of esters is 1. The van der Waals surface area contributed by atoms with Crippen LogP contribution in [-0.2, 0) is 14.3 Å². The lowest BCUT2D eigenvalue weighted by atomic mass is 10.2. The first-order valence-electron chi connectivity index (χ1n) is 4.08. The Morgan fingerprint density at radius 1 is 1.23 bits per heavy atom. The lowest BCUT2D eigenvalue weighted by molar-refractivity contribution is -0.139. The van der Waals surface area contributed by atoms with E-state index in [0.29, 0.717) is 6.42 Å². The van der Waals surface area contributed by atoms with Gasteiger partial charge in [-0.2, -0.15) is 0 Å². The molecule has 0 aliphatic carbocycles. The predicted molar refractivity (Wildman–Crippen MR) is 50.2 cm³/mol. The van der Waals surface area contributed by atoms with Gasteiger partial charge in [-0.05, 0) is 13.0 Å². The van der Waals surface area contributed by atoms with E-state index in [-0.39, 0.29) is 18.2 Å². The summed E-state index contributed by atoms with van der Waals surface area (Å²) in [7, 11) is 1.32. The minimum Gasteiger partial charge on any atom is -0.469 e. The normalized spacial score (nSPS) is 10.9. The quantitative estimate of drug-likeness (QED) is 0.369. The lowest BCUT2D eigenvalue weighted by Gasteiger charge is -1.91. The number of ether oxygens (including phenoxy) is 1. The molecule has 0 aliphatic rings. The van der Waals surface area contributed by atoms with Crippen LogP contribution in [0.2, 0.25) is 0 Å². The van der Waals surface area contributed by atoms with Crippen LogP contribution in [0, 0.1) is 0 Å². The van der Waals surface area contributed by atoms with Crippen molar-refractivity contribution < 1.29 is 14.3 Å². The highest BCUT2D eigenvalue weighted by molar-refractivity contribution is 5.91. The van der Waals surface area contributed by atoms with Gasteiger partial charge in [-0.3, -0.25) is 9.59 Å². The van der Waals surface area contributed by atoms with Gasteiger partial charge in [-0.1, -0.05) is 18.2 Å². The number of ketones is 1. The van der Waals surface area contributed by atoms with Crippen molar-refractivity contribution in [2.24, 2.45) is 0 Å². The molecule has 3 heteroatoms. The van der Waals surface area contributed by atoms with Crippen LogP contribution in [0.4, 0.5) is 0 Å². The van der Waals surface area contributed by atoms with Crippen LogP contribution in [0.25, 0.3) is 0 Å². The summed E-state index contributed by atoms with van der Waals surface area (Å²) in [4.78, 5) is 21.6. The maximum absolute atomic E-state index is 11.0. The van der Waals surface area contributed by atoms with Crippen molar-refractivity contribution in [3.8, 4) is 0 Å². The maximum atomic E-state index is 11.0. The molecule has 0 atom stereocenters. The maximum Gasteiger partial charge on any atom is 0.309 e. The molecule has 0 saturated heterocycles. The Morgan fingerprint density at radius 2 is 1.92 bits per heavy atom. The summed E-state index contributed by atoms with van der Waals surface area (Å²) in [6, 6.07) is 0. The number of carbonyl (C=O) groups excluding carboxylic acids is 2. The minimum absolute atomic E-state index is 0.0120. The summed E-state index contributed by atoms with van der Waals surface area (Å²) in [5.41, 5.74) is 0. The van der Waals surface area contributed by atoms with E-state index in [4.69, 9.17) is 0 Å². The molecule has 0 aromatic heterocycles. The van der Waals surface area contributed by atoms with Crippen molar-refractivity contribution in [1.29, 1.82) is 0 Å². The molecule has 0 bridgehead atoms. The fraction of sp³-hybridized carbons (Fsp3) is 0.400. The van der Waals surface area contributed by atoms with E-state index in [1.807, 2.05) is 13.0 Å². The molecule has 0 aromatic rings. The van der Waals surface area contributed by atoms with Crippen LogP contribution in [-0.4, -0.2) is 18.9 Å². The standard InChI is InChI=1S/C10H14O3/c1-3-4-6-9(11)7-5-8-10(12)13-2/h3-5,7H,6,8H2,1-2H3/b4-3+,7-5+. The van der Waals surface area contributed by atoms with E-state index in [1.165, 1.54) is 19.3 Å². The molecule has 0 unspecified atom stereocenters. The predicted octanol–water partition coefficient (Wildman–Crippen LogP) is 1.64. The van der Waals surface area contributed by atoms with Crippen LogP contribution < -0.4 is 0 Å². The van der Waals surface area contributed by atoms with Crippen LogP contribution >= 0.6 is 0 Å². The average Bonchev–Trinajstić information content (AvgIpc) is 2.14. The molecule has 0 radical (unpaired) electrons. The van der Waals surface area contributed by atoms with Crippen LogP contribution in [0.5, 0.6) is 0 Å². The van der Waals surface area contributed by atoms with Crippen LogP contribution in [0.3, 0.4) is 0 Å². The summed E-state index contributed by atoms with van der Waals surface area (Å²) in [6.45, 7) is 1.85. The Balaban J connectivity index is 3.71. The third kappa shape index (κ3) is 7.00. The van der Waals surface area contributed by atoms with E-state index in [2.05, 4.69) is 4.74 Å². The van der Waals surface area contributed by atoms with Gasteiger partial charge in [0.1, 0.15) is 0 Å². The van der Waals surface area contributed by atoms with Crippen molar-refractivity contribution in [3.05, 3.63) is 24.3 Å². The van der Waals surface area contributed by atoms with Gasteiger partial charge in [0, 0.05) is 6.42 Å². The fourth-order valence-corrected chi connectivity index (χ4v) is 0.672. The first-order chi connectivity index (χ1) is 6.20. The van der Waals surface area contributed by atoms with Crippen LogP contribution in [0.15, 0.2) is 24.3 Å². The molecule has 0 spiro atoms. The average molecular weight is 182 g/mol. The zero-order valence-electron chi connectivity index (χ0n) is 7.95. The zero-order chi connectivity index (χ0) is 10.1. The summed E-state index contributed by atoms with van der Waals surface area (Å²) >= 11 is 0. The van der Waals surface area contributed by atoms with Crippen molar-refractivity contribution >= 4 is 11.8 Å². The van der Waals surface area contributed by atoms with Gasteiger partial charge in [0.25, 0.3) is 0 Å². The van der Waals surface area contributed by atoms with E-state index in [1.54, 1.807) is 6.08 Å². The van der Waals surface area contributed by atoms with Crippen molar-refractivity contribution in [3.63, 3.8) is 0 Å². The second kappa shape index (κ2) is 7.28. The van der Waals surface area contributed by atoms with Crippen molar-refractivity contribution in [2.75, 3.05) is 7.11 Å². The summed E-state index contributed by atoms with van der Waals surface area (Å²) in [5, 5.41) is 0. The molecule has 72 valence electrons. The molecule has 0 aromatic carbocycles. The summed E-state index contributed by atoms with van der Waals surface area (Å²) < 4.78 is 4.40. The minimum atomic E-state index is -0.338. The highest BCUT2D eigenvalue weighted by Gasteiger charge is 1.95. The van der Waals surface area contributed by atoms with Crippen molar-refractivity contribution in [1.82, 2.24) is 0 Å². The van der Waals surface area contributed by atoms with E-state index in [0.717, 1.165) is 0 Å². The van der Waals surface area contributed by atoms with Gasteiger partial charge in [-0.15, -0.1) is 0 Å². The largest absolute Gasteiger partial charge is 0.469 e. The first kappa shape index (κ1) is 11.6. The number of hydrogen-bond acceptors (Lipinski definition) is 3. The zero-order valence-corrected chi connectivity index (χ0v) is 7.95.